The van der Waals surface area contributed by atoms with Crippen LogP contribution < -0.4 is 10.6 Å². The molecule has 3 N–H and O–H groups in total. The molecule has 0 radical (unpaired) electrons. The molecule has 1 fully saturated rings. The number of amides is 2. The van der Waals surface area contributed by atoms with Gasteiger partial charge in [-0.15, -0.1) is 0 Å². The van der Waals surface area contributed by atoms with E-state index in [1.54, 1.807) is 36.2 Å². The third kappa shape index (κ3) is 6.70. The topological polar surface area (TPSA) is 127 Å². The van der Waals surface area contributed by atoms with E-state index >= 15 is 4.39 Å². The lowest BCUT2D eigenvalue weighted by Gasteiger charge is -2.32. The second kappa shape index (κ2) is 13.0. The molecule has 1 atom stereocenters. The van der Waals surface area contributed by atoms with Gasteiger partial charge in [-0.1, -0.05) is 26.7 Å². The molecule has 0 aliphatic heterocycles. The molecule has 210 valence electrons. The molecule has 2 amide bonds. The van der Waals surface area contributed by atoms with Crippen molar-refractivity contribution < 1.29 is 18.7 Å². The minimum atomic E-state index is -0.792. The minimum Gasteiger partial charge on any atom is -0.385 e. The number of nitrogens with zero attached hydrogens (tertiary/aromatic N) is 4. The van der Waals surface area contributed by atoms with Crippen molar-refractivity contribution >= 4 is 17.6 Å². The number of aryl methyl sites for hydroxylation is 3. The second-order valence-corrected chi connectivity index (χ2v) is 10.3. The van der Waals surface area contributed by atoms with Gasteiger partial charge >= 0.3 is 0 Å². The van der Waals surface area contributed by atoms with E-state index in [0.29, 0.717) is 48.7 Å². The summed E-state index contributed by atoms with van der Waals surface area (Å²) in [6.45, 7) is 7.05. The molecule has 1 aliphatic rings. The van der Waals surface area contributed by atoms with Crippen molar-refractivity contribution in [2.75, 3.05) is 19.0 Å². The van der Waals surface area contributed by atoms with Crippen LogP contribution in [-0.2, 0) is 22.5 Å². The third-order valence-corrected chi connectivity index (χ3v) is 7.49. The van der Waals surface area contributed by atoms with Crippen molar-refractivity contribution in [3.05, 3.63) is 47.4 Å². The quantitative estimate of drug-likeness (QED) is 0.247. The standard InChI is InChI=1S/C28H38FN7O3/c1-5-21-24(18(3)34-35-21)20-11-12-23(31-26(20)29)32-28(38)25(19-9-7-17(2)8-10-19)33-27(37)22-13-14-30-36(22)15-6-16-39-4/h11-14,17,19,25H,5-10,15-16H2,1-4H3,(H,33,37)(H,34,35)(H,31,32,38)/t17?,19?,25-/m0/s1. The van der Waals surface area contributed by atoms with Gasteiger partial charge < -0.3 is 15.4 Å². The van der Waals surface area contributed by atoms with E-state index in [1.165, 1.54) is 0 Å². The summed E-state index contributed by atoms with van der Waals surface area (Å²) in [5.41, 5.74) is 2.89. The Morgan fingerprint density at radius 2 is 2.00 bits per heavy atom. The number of anilines is 1. The van der Waals surface area contributed by atoms with Crippen LogP contribution in [-0.4, -0.2) is 56.5 Å². The maximum absolute atomic E-state index is 15.1. The number of aromatic nitrogens is 5. The molecule has 11 heteroatoms. The fourth-order valence-electron chi connectivity index (χ4n) is 5.28. The van der Waals surface area contributed by atoms with Crippen LogP contribution in [0.1, 0.15) is 67.8 Å². The monoisotopic (exact) mass is 539 g/mol. The molecule has 0 aromatic carbocycles. The van der Waals surface area contributed by atoms with Crippen LogP contribution >= 0.6 is 0 Å². The van der Waals surface area contributed by atoms with E-state index in [2.05, 4.69) is 37.8 Å². The highest BCUT2D eigenvalue weighted by molar-refractivity contribution is 6.00. The van der Waals surface area contributed by atoms with Crippen LogP contribution in [0.15, 0.2) is 24.4 Å². The van der Waals surface area contributed by atoms with Gasteiger partial charge in [0.2, 0.25) is 11.9 Å². The zero-order valence-electron chi connectivity index (χ0n) is 23.1. The first-order valence-electron chi connectivity index (χ1n) is 13.7. The first-order valence-corrected chi connectivity index (χ1v) is 13.7. The predicted molar refractivity (Wildman–Crippen MR) is 146 cm³/mol. The zero-order chi connectivity index (χ0) is 27.9. The minimum absolute atomic E-state index is 0.0418. The van der Waals surface area contributed by atoms with Gasteiger partial charge in [0.25, 0.3) is 5.91 Å². The number of pyridine rings is 1. The van der Waals surface area contributed by atoms with E-state index in [0.717, 1.165) is 37.1 Å². The van der Waals surface area contributed by atoms with Crippen LogP contribution in [0.2, 0.25) is 0 Å². The Kier molecular flexibility index (Phi) is 9.45. The fraction of sp³-hybridized carbons (Fsp3) is 0.536. The van der Waals surface area contributed by atoms with Crippen LogP contribution in [0.3, 0.4) is 0 Å². The molecule has 1 aliphatic carbocycles. The Morgan fingerprint density at radius 1 is 1.23 bits per heavy atom. The van der Waals surface area contributed by atoms with Crippen LogP contribution in [0.25, 0.3) is 11.1 Å². The van der Waals surface area contributed by atoms with Gasteiger partial charge in [0.1, 0.15) is 17.6 Å². The molecule has 0 saturated heterocycles. The molecule has 3 aromatic heterocycles. The van der Waals surface area contributed by atoms with Crippen molar-refractivity contribution in [1.82, 2.24) is 30.3 Å². The Bertz CT molecular complexity index is 1280. The summed E-state index contributed by atoms with van der Waals surface area (Å²) in [6, 6.07) is 4.02. The largest absolute Gasteiger partial charge is 0.385 e. The van der Waals surface area contributed by atoms with E-state index in [-0.39, 0.29) is 17.6 Å². The maximum atomic E-state index is 15.1. The molecular weight excluding hydrogens is 501 g/mol. The molecule has 3 aromatic rings. The number of aromatic amines is 1. The molecule has 0 bridgehead atoms. The number of ether oxygens (including phenoxy) is 1. The number of hydrogen-bond acceptors (Lipinski definition) is 6. The average Bonchev–Trinajstić information content (AvgIpc) is 3.54. The van der Waals surface area contributed by atoms with E-state index in [4.69, 9.17) is 4.74 Å². The predicted octanol–water partition coefficient (Wildman–Crippen LogP) is 4.28. The van der Waals surface area contributed by atoms with Crippen LogP contribution in [0, 0.1) is 24.7 Å². The number of H-pyrrole nitrogens is 1. The van der Waals surface area contributed by atoms with Gasteiger partial charge in [-0.05, 0) is 62.6 Å². The maximum Gasteiger partial charge on any atom is 0.270 e. The van der Waals surface area contributed by atoms with E-state index in [1.807, 2.05) is 13.8 Å². The summed E-state index contributed by atoms with van der Waals surface area (Å²) < 4.78 is 21.9. The summed E-state index contributed by atoms with van der Waals surface area (Å²) in [7, 11) is 1.63. The summed E-state index contributed by atoms with van der Waals surface area (Å²) in [5.74, 6) is -0.861. The number of hydrogen-bond donors (Lipinski definition) is 3. The number of rotatable bonds is 11. The Morgan fingerprint density at radius 3 is 2.69 bits per heavy atom. The summed E-state index contributed by atoms with van der Waals surface area (Å²) >= 11 is 0. The van der Waals surface area contributed by atoms with Crippen molar-refractivity contribution in [3.8, 4) is 11.1 Å². The van der Waals surface area contributed by atoms with Gasteiger partial charge in [0, 0.05) is 43.3 Å². The van der Waals surface area contributed by atoms with Crippen molar-refractivity contribution in [1.29, 1.82) is 0 Å². The van der Waals surface area contributed by atoms with Crippen molar-refractivity contribution in [2.45, 2.75) is 71.9 Å². The van der Waals surface area contributed by atoms with Crippen LogP contribution in [0.5, 0.6) is 0 Å². The smallest absolute Gasteiger partial charge is 0.270 e. The van der Waals surface area contributed by atoms with Crippen LogP contribution in [0.4, 0.5) is 10.2 Å². The Balaban J connectivity index is 1.52. The molecule has 1 saturated carbocycles. The highest BCUT2D eigenvalue weighted by Gasteiger charge is 2.33. The highest BCUT2D eigenvalue weighted by atomic mass is 19.1. The second-order valence-electron chi connectivity index (χ2n) is 10.3. The summed E-state index contributed by atoms with van der Waals surface area (Å²) in [5, 5.41) is 17.1. The summed E-state index contributed by atoms with van der Waals surface area (Å²) in [4.78, 5) is 30.9. The van der Waals surface area contributed by atoms with Gasteiger partial charge in [0.15, 0.2) is 0 Å². The SMILES string of the molecule is CCc1n[nH]c(C)c1-c1ccc(NC(=O)[C@@H](NC(=O)c2ccnn2CCCOC)C2CCC(C)CC2)nc1F. The Hall–Kier alpha value is -3.60. The number of carbonyl (C=O) groups is 2. The van der Waals surface area contributed by atoms with Gasteiger partial charge in [-0.3, -0.25) is 19.4 Å². The lowest BCUT2D eigenvalue weighted by atomic mass is 9.79. The first kappa shape index (κ1) is 28.4. The van der Waals surface area contributed by atoms with Gasteiger partial charge in [0.05, 0.1) is 5.69 Å². The lowest BCUT2D eigenvalue weighted by molar-refractivity contribution is -0.119. The molecular formula is C28H38FN7O3. The molecule has 10 nitrogen and oxygen atoms in total. The Labute approximate surface area is 228 Å². The number of nitrogens with one attached hydrogen (secondary N) is 3. The van der Waals surface area contributed by atoms with E-state index < -0.39 is 17.9 Å². The zero-order valence-corrected chi connectivity index (χ0v) is 23.1. The lowest BCUT2D eigenvalue weighted by Crippen LogP contribution is -2.49. The molecule has 0 unspecified atom stereocenters. The van der Waals surface area contributed by atoms with Crippen molar-refractivity contribution in [2.24, 2.45) is 11.8 Å². The number of halogens is 1. The highest BCUT2D eigenvalue weighted by Crippen LogP contribution is 2.32. The molecule has 0 spiro atoms. The molecule has 39 heavy (non-hydrogen) atoms. The van der Waals surface area contributed by atoms with Gasteiger partial charge in [-0.2, -0.15) is 14.6 Å². The fourth-order valence-corrected chi connectivity index (χ4v) is 5.28. The molecule has 4 rings (SSSR count). The normalized spacial score (nSPS) is 18.1. The van der Waals surface area contributed by atoms with Gasteiger partial charge in [-0.25, -0.2) is 4.98 Å². The first-order chi connectivity index (χ1) is 18.8. The molecule has 3 heterocycles. The number of methoxy groups -OCH3 is 1. The van der Waals surface area contributed by atoms with E-state index in [9.17, 15) is 9.59 Å². The average molecular weight is 540 g/mol. The summed E-state index contributed by atoms with van der Waals surface area (Å²) in [6.07, 6.45) is 6.49. The van der Waals surface area contributed by atoms with Crippen molar-refractivity contribution in [3.63, 3.8) is 0 Å². The number of carbonyl (C=O) groups excluding carboxylic acids is 2. The third-order valence-electron chi connectivity index (χ3n) is 7.49.